The molecular formula is C18H23N7O. The molecule has 2 aromatic heterocycles. The molecule has 4 rings (SSSR count). The van der Waals surface area contributed by atoms with E-state index < -0.39 is 0 Å². The Kier molecular flexibility index (Phi) is 4.42. The molecule has 1 aromatic carbocycles. The lowest BCUT2D eigenvalue weighted by Gasteiger charge is -2.33. The lowest BCUT2D eigenvalue weighted by atomic mass is 10.2. The van der Waals surface area contributed by atoms with Gasteiger partial charge in [-0.25, -0.2) is 9.97 Å². The van der Waals surface area contributed by atoms with Crippen LogP contribution >= 0.6 is 0 Å². The maximum absolute atomic E-state index is 6.08. The first-order valence-corrected chi connectivity index (χ1v) is 8.92. The Morgan fingerprint density at radius 1 is 1.08 bits per heavy atom. The van der Waals surface area contributed by atoms with E-state index in [4.69, 9.17) is 10.3 Å². The smallest absolute Gasteiger partial charge is 0.324 e. The summed E-state index contributed by atoms with van der Waals surface area (Å²) in [4.78, 5) is 18.0. The summed E-state index contributed by atoms with van der Waals surface area (Å²) >= 11 is 0. The van der Waals surface area contributed by atoms with Crippen molar-refractivity contribution in [2.24, 2.45) is 0 Å². The maximum atomic E-state index is 6.08. The first-order valence-electron chi connectivity index (χ1n) is 8.92. The van der Waals surface area contributed by atoms with Crippen molar-refractivity contribution in [2.75, 3.05) is 36.8 Å². The molecule has 1 aliphatic heterocycles. The molecule has 3 aromatic rings. The molecule has 8 heteroatoms. The number of aromatic nitrogens is 4. The summed E-state index contributed by atoms with van der Waals surface area (Å²) in [7, 11) is 0. The molecule has 0 unspecified atom stereocenters. The van der Waals surface area contributed by atoms with E-state index in [-0.39, 0.29) is 5.92 Å². The molecule has 1 saturated heterocycles. The van der Waals surface area contributed by atoms with Crippen molar-refractivity contribution in [1.82, 2.24) is 25.0 Å². The molecule has 0 amide bonds. The Morgan fingerprint density at radius 2 is 1.85 bits per heavy atom. The molecule has 136 valence electrons. The lowest BCUT2D eigenvalue weighted by Crippen LogP contribution is -2.46. The average Bonchev–Trinajstić information content (AvgIpc) is 3.13. The third-order valence-corrected chi connectivity index (χ3v) is 4.63. The largest absolute Gasteiger partial charge is 0.383 e. The summed E-state index contributed by atoms with van der Waals surface area (Å²) in [6.45, 7) is 8.24. The summed E-state index contributed by atoms with van der Waals surface area (Å²) in [6.07, 6.45) is 0. The van der Waals surface area contributed by atoms with Crippen LogP contribution in [0.4, 0.5) is 11.8 Å². The van der Waals surface area contributed by atoms with Gasteiger partial charge < -0.3 is 15.2 Å². The van der Waals surface area contributed by atoms with Crippen LogP contribution in [-0.4, -0.2) is 51.2 Å². The van der Waals surface area contributed by atoms with E-state index in [9.17, 15) is 0 Å². The Morgan fingerprint density at radius 3 is 2.58 bits per heavy atom. The third-order valence-electron chi connectivity index (χ3n) is 4.63. The van der Waals surface area contributed by atoms with Gasteiger partial charge in [0.15, 0.2) is 5.82 Å². The van der Waals surface area contributed by atoms with Gasteiger partial charge in [0.05, 0.1) is 12.1 Å². The fourth-order valence-electron chi connectivity index (χ4n) is 3.11. The van der Waals surface area contributed by atoms with Crippen molar-refractivity contribution in [2.45, 2.75) is 26.3 Å². The summed E-state index contributed by atoms with van der Waals surface area (Å²) < 4.78 is 5.39. The summed E-state index contributed by atoms with van der Waals surface area (Å²) in [5.41, 5.74) is 6.97. The fraction of sp³-hybridized carbons (Fsp3) is 0.444. The minimum Gasteiger partial charge on any atom is -0.383 e. The first kappa shape index (κ1) is 16.7. The molecule has 0 spiro atoms. The van der Waals surface area contributed by atoms with Crippen LogP contribution in [0.2, 0.25) is 0 Å². The van der Waals surface area contributed by atoms with E-state index in [1.165, 1.54) is 0 Å². The summed E-state index contributed by atoms with van der Waals surface area (Å²) in [5, 5.41) is 4.94. The van der Waals surface area contributed by atoms with Crippen LogP contribution in [0.15, 0.2) is 28.8 Å². The number of hydrogen-bond donors (Lipinski definition) is 1. The Hall–Kier alpha value is -2.74. The molecule has 1 fully saturated rings. The van der Waals surface area contributed by atoms with E-state index in [1.807, 2.05) is 24.3 Å². The van der Waals surface area contributed by atoms with Gasteiger partial charge >= 0.3 is 6.01 Å². The normalized spacial score (nSPS) is 15.9. The molecule has 0 radical (unpaired) electrons. The standard InChI is InChI=1S/C18H23N7O/c1-12(2)17-22-18(26-23-17)25-9-7-24(8-10-25)11-15-20-14-6-4-3-5-13(14)16(19)21-15/h3-6,12H,7-11H2,1-2H3,(H2,19,20,21). The number of fused-ring (bicyclic) bond motifs is 1. The van der Waals surface area contributed by atoms with Gasteiger partial charge in [-0.15, -0.1) is 0 Å². The molecule has 2 N–H and O–H groups in total. The van der Waals surface area contributed by atoms with Crippen LogP contribution in [0.5, 0.6) is 0 Å². The zero-order valence-corrected chi connectivity index (χ0v) is 15.1. The second kappa shape index (κ2) is 6.87. The highest BCUT2D eigenvalue weighted by Crippen LogP contribution is 2.20. The number of nitrogens with two attached hydrogens (primary N) is 1. The van der Waals surface area contributed by atoms with Crippen molar-refractivity contribution in [3.63, 3.8) is 0 Å². The van der Waals surface area contributed by atoms with Gasteiger partial charge in [0.2, 0.25) is 0 Å². The van der Waals surface area contributed by atoms with Crippen molar-refractivity contribution in [3.8, 4) is 0 Å². The van der Waals surface area contributed by atoms with E-state index in [0.29, 0.717) is 18.4 Å². The number of nitrogen functional groups attached to an aromatic ring is 1. The zero-order valence-electron chi connectivity index (χ0n) is 15.1. The van der Waals surface area contributed by atoms with Crippen molar-refractivity contribution >= 4 is 22.7 Å². The van der Waals surface area contributed by atoms with Gasteiger partial charge in [0.25, 0.3) is 0 Å². The van der Waals surface area contributed by atoms with Crippen LogP contribution in [0, 0.1) is 0 Å². The molecule has 0 bridgehead atoms. The number of piperazine rings is 1. The van der Waals surface area contributed by atoms with Gasteiger partial charge in [-0.3, -0.25) is 4.90 Å². The van der Waals surface area contributed by atoms with E-state index >= 15 is 0 Å². The quantitative estimate of drug-likeness (QED) is 0.761. The number of rotatable bonds is 4. The SMILES string of the molecule is CC(C)c1noc(N2CCN(Cc3nc(N)c4ccccc4n3)CC2)n1. The molecule has 1 aliphatic rings. The predicted octanol–water partition coefficient (Wildman–Crippen LogP) is 2.04. The molecule has 26 heavy (non-hydrogen) atoms. The lowest BCUT2D eigenvalue weighted by molar-refractivity contribution is 0.237. The third kappa shape index (κ3) is 3.32. The van der Waals surface area contributed by atoms with Gasteiger partial charge in [-0.1, -0.05) is 31.1 Å². The van der Waals surface area contributed by atoms with E-state index in [1.54, 1.807) is 0 Å². The zero-order chi connectivity index (χ0) is 18.1. The second-order valence-electron chi connectivity index (χ2n) is 6.90. The van der Waals surface area contributed by atoms with Gasteiger partial charge in [0, 0.05) is 37.5 Å². The highest BCUT2D eigenvalue weighted by atomic mass is 16.5. The minimum atomic E-state index is 0.268. The Bertz CT molecular complexity index is 899. The number of benzene rings is 1. The Balaban J connectivity index is 1.40. The van der Waals surface area contributed by atoms with Crippen LogP contribution in [0.3, 0.4) is 0 Å². The van der Waals surface area contributed by atoms with E-state index in [0.717, 1.165) is 48.7 Å². The number of anilines is 2. The average molecular weight is 353 g/mol. The number of hydrogen-bond acceptors (Lipinski definition) is 8. The molecule has 0 atom stereocenters. The number of nitrogens with zero attached hydrogens (tertiary/aromatic N) is 6. The summed E-state index contributed by atoms with van der Waals surface area (Å²) in [6, 6.07) is 8.44. The van der Waals surface area contributed by atoms with Crippen LogP contribution in [0.25, 0.3) is 10.9 Å². The monoisotopic (exact) mass is 353 g/mol. The summed E-state index contributed by atoms with van der Waals surface area (Å²) in [5.74, 6) is 2.32. The fourth-order valence-corrected chi connectivity index (χ4v) is 3.11. The topological polar surface area (TPSA) is 97.2 Å². The highest BCUT2D eigenvalue weighted by molar-refractivity contribution is 5.87. The molecule has 8 nitrogen and oxygen atoms in total. The van der Waals surface area contributed by atoms with Crippen molar-refractivity contribution < 1.29 is 4.52 Å². The Labute approximate surface area is 152 Å². The maximum Gasteiger partial charge on any atom is 0.324 e. The van der Waals surface area contributed by atoms with Crippen molar-refractivity contribution in [3.05, 3.63) is 35.9 Å². The molecule has 3 heterocycles. The van der Waals surface area contributed by atoms with Crippen LogP contribution in [0.1, 0.15) is 31.4 Å². The minimum absolute atomic E-state index is 0.268. The van der Waals surface area contributed by atoms with Gasteiger partial charge in [-0.05, 0) is 12.1 Å². The predicted molar refractivity (Wildman–Crippen MR) is 99.8 cm³/mol. The molecule has 0 aliphatic carbocycles. The molecular weight excluding hydrogens is 330 g/mol. The second-order valence-corrected chi connectivity index (χ2v) is 6.90. The highest BCUT2D eigenvalue weighted by Gasteiger charge is 2.22. The van der Waals surface area contributed by atoms with Crippen LogP contribution < -0.4 is 10.6 Å². The van der Waals surface area contributed by atoms with Gasteiger partial charge in [0.1, 0.15) is 11.6 Å². The van der Waals surface area contributed by atoms with Crippen molar-refractivity contribution in [1.29, 1.82) is 0 Å². The molecule has 0 saturated carbocycles. The number of para-hydroxylation sites is 1. The van der Waals surface area contributed by atoms with E-state index in [2.05, 4.69) is 43.8 Å². The van der Waals surface area contributed by atoms with Gasteiger partial charge in [-0.2, -0.15) is 4.98 Å². The van der Waals surface area contributed by atoms with Crippen LogP contribution in [-0.2, 0) is 6.54 Å². The first-order chi connectivity index (χ1) is 12.6.